The van der Waals surface area contributed by atoms with E-state index < -0.39 is 17.9 Å². The second-order valence-corrected chi connectivity index (χ2v) is 8.20. The molecule has 27 heavy (non-hydrogen) atoms. The molecule has 4 aromatic rings. The van der Waals surface area contributed by atoms with E-state index in [1.165, 1.54) is 11.3 Å². The van der Waals surface area contributed by atoms with Gasteiger partial charge in [0, 0.05) is 40.3 Å². The molecule has 1 fully saturated rings. The van der Waals surface area contributed by atoms with Crippen LogP contribution in [-0.2, 0) is 5.60 Å². The van der Waals surface area contributed by atoms with Crippen molar-refractivity contribution in [3.63, 3.8) is 0 Å². The summed E-state index contributed by atoms with van der Waals surface area (Å²) in [7, 11) is 0. The predicted molar refractivity (Wildman–Crippen MR) is 99.0 cm³/mol. The lowest BCUT2D eigenvalue weighted by molar-refractivity contribution is -0.124. The normalized spacial score (nSPS) is 22.6. The van der Waals surface area contributed by atoms with Crippen molar-refractivity contribution >= 4 is 27.3 Å². The van der Waals surface area contributed by atoms with Crippen LogP contribution < -0.4 is 0 Å². The minimum atomic E-state index is -2.38. The number of alkyl halides is 2. The van der Waals surface area contributed by atoms with Crippen LogP contribution in [0.25, 0.3) is 27.3 Å². The Bertz CT molecular complexity index is 1160. The van der Waals surface area contributed by atoms with E-state index in [-0.39, 0.29) is 12.8 Å². The molecule has 4 heterocycles. The fourth-order valence-electron chi connectivity index (χ4n) is 3.63. The molecule has 5 nitrogen and oxygen atoms in total. The molecular weight excluding hydrogens is 370 g/mol. The summed E-state index contributed by atoms with van der Waals surface area (Å²) in [5.41, 5.74) is 1.36. The van der Waals surface area contributed by atoms with Crippen LogP contribution in [0.15, 0.2) is 36.8 Å². The molecule has 1 aliphatic rings. The third kappa shape index (κ3) is 2.71. The monoisotopic (exact) mass is 386 g/mol. The Balaban J connectivity index is 1.50. The maximum absolute atomic E-state index is 12.8. The van der Waals surface area contributed by atoms with Crippen LogP contribution in [-0.4, -0.2) is 30.9 Å². The second kappa shape index (κ2) is 5.77. The fourth-order valence-corrected chi connectivity index (χ4v) is 4.77. The topological polar surface area (TPSA) is 63.3 Å². The van der Waals surface area contributed by atoms with Gasteiger partial charge >= 0.3 is 0 Å². The minimum Gasteiger partial charge on any atom is -0.384 e. The number of imidazole rings is 1. The lowest BCUT2D eigenvalue weighted by atomic mass is 9.70. The Kier molecular flexibility index (Phi) is 3.57. The maximum atomic E-state index is 12.8. The Labute approximate surface area is 157 Å². The summed E-state index contributed by atoms with van der Waals surface area (Å²) in [6.07, 6.45) is 3.39. The predicted octanol–water partition coefficient (Wildman–Crippen LogP) is 4.18. The van der Waals surface area contributed by atoms with Gasteiger partial charge in [0.1, 0.15) is 4.83 Å². The van der Waals surface area contributed by atoms with Crippen LogP contribution >= 0.6 is 11.3 Å². The number of fused-ring (bicyclic) bond motifs is 2. The number of aryl methyl sites for hydroxylation is 1. The van der Waals surface area contributed by atoms with Crippen LogP contribution in [0.2, 0.25) is 0 Å². The quantitative estimate of drug-likeness (QED) is 0.574. The van der Waals surface area contributed by atoms with Crippen molar-refractivity contribution in [2.45, 2.75) is 31.8 Å². The van der Waals surface area contributed by atoms with Gasteiger partial charge in [0.05, 0.1) is 17.0 Å². The van der Waals surface area contributed by atoms with Crippen LogP contribution in [0.3, 0.4) is 0 Å². The number of hydrogen-bond donors (Lipinski definition) is 1. The highest BCUT2D eigenvalue weighted by atomic mass is 32.1. The zero-order chi connectivity index (χ0) is 18.8. The fraction of sp³-hybridized carbons (Fsp3) is 0.316. The van der Waals surface area contributed by atoms with E-state index in [1.807, 2.05) is 41.9 Å². The molecule has 0 spiro atoms. The van der Waals surface area contributed by atoms with Gasteiger partial charge in [0.15, 0.2) is 0 Å². The summed E-state index contributed by atoms with van der Waals surface area (Å²) >= 11 is 1.36. The van der Waals surface area contributed by atoms with Crippen molar-refractivity contribution in [1.29, 1.82) is 0 Å². The number of pyridine rings is 1. The molecule has 1 aliphatic carbocycles. The Morgan fingerprint density at radius 3 is 2.85 bits per heavy atom. The zero-order valence-electron chi connectivity index (χ0n) is 14.4. The summed E-state index contributed by atoms with van der Waals surface area (Å²) in [4.78, 5) is 14.8. The first-order valence-corrected chi connectivity index (χ1v) is 9.46. The zero-order valence-corrected chi connectivity index (χ0v) is 15.2. The second-order valence-electron chi connectivity index (χ2n) is 7.17. The number of rotatable bonds is 3. The number of nitrogens with zero attached hydrogens (tertiary/aromatic N) is 4. The van der Waals surface area contributed by atoms with Crippen molar-refractivity contribution in [3.05, 3.63) is 47.4 Å². The number of thiophene rings is 1. The molecule has 138 valence electrons. The summed E-state index contributed by atoms with van der Waals surface area (Å²) in [5, 5.41) is 11.5. The Morgan fingerprint density at radius 1 is 1.26 bits per heavy atom. The minimum absolute atomic E-state index is 0.102. The van der Waals surface area contributed by atoms with Gasteiger partial charge in [-0.05, 0) is 38.0 Å². The van der Waals surface area contributed by atoms with Gasteiger partial charge in [-0.15, -0.1) is 11.3 Å². The molecule has 0 radical (unpaired) electrons. The smallest absolute Gasteiger partial charge is 0.241 e. The van der Waals surface area contributed by atoms with E-state index >= 15 is 0 Å². The lowest BCUT2D eigenvalue weighted by Crippen LogP contribution is -2.43. The van der Waals surface area contributed by atoms with Gasteiger partial charge < -0.3 is 5.11 Å². The van der Waals surface area contributed by atoms with Crippen molar-refractivity contribution < 1.29 is 13.9 Å². The number of aromatic nitrogens is 4. The SMILES string of the molecule is Cc1cn2cc(-c3ccc4cc(C5(O)CC(C(F)F)C5)sc4n3)cnc2n1. The first-order valence-electron chi connectivity index (χ1n) is 8.65. The molecular formula is C19H16F2N4OS. The standard InChI is InChI=1S/C19H16F2N4OS/c1-10-8-25-9-13(7-22-18(25)23-10)14-3-2-11-4-15(27-17(11)24-14)19(26)5-12(6-19)16(20)21/h2-4,7-9,12,16,26H,5-6H2,1H3. The van der Waals surface area contributed by atoms with Crippen molar-refractivity contribution in [3.8, 4) is 11.3 Å². The summed E-state index contributed by atoms with van der Waals surface area (Å²) in [6.45, 7) is 1.91. The number of hydrogen-bond acceptors (Lipinski definition) is 5. The van der Waals surface area contributed by atoms with Crippen LogP contribution in [0.4, 0.5) is 8.78 Å². The average molecular weight is 386 g/mol. The Morgan fingerprint density at radius 2 is 2.07 bits per heavy atom. The van der Waals surface area contributed by atoms with Crippen LogP contribution in [0, 0.1) is 12.8 Å². The molecule has 0 bridgehead atoms. The first kappa shape index (κ1) is 16.7. The Hall–Kier alpha value is -2.45. The van der Waals surface area contributed by atoms with Crippen molar-refractivity contribution in [2.75, 3.05) is 0 Å². The van der Waals surface area contributed by atoms with Crippen molar-refractivity contribution in [2.24, 2.45) is 5.92 Å². The molecule has 1 saturated carbocycles. The molecule has 0 saturated heterocycles. The third-order valence-corrected chi connectivity index (χ3v) is 6.36. The largest absolute Gasteiger partial charge is 0.384 e. The number of aliphatic hydroxyl groups is 1. The summed E-state index contributed by atoms with van der Waals surface area (Å²) in [5.74, 6) is -0.0864. The molecule has 0 atom stereocenters. The first-order chi connectivity index (χ1) is 12.9. The maximum Gasteiger partial charge on any atom is 0.241 e. The summed E-state index contributed by atoms with van der Waals surface area (Å²) in [6, 6.07) is 5.70. The van der Waals surface area contributed by atoms with E-state index in [2.05, 4.69) is 9.97 Å². The highest BCUT2D eigenvalue weighted by Gasteiger charge is 2.48. The molecule has 8 heteroatoms. The highest BCUT2D eigenvalue weighted by molar-refractivity contribution is 7.18. The van der Waals surface area contributed by atoms with Crippen molar-refractivity contribution in [1.82, 2.24) is 19.4 Å². The highest BCUT2D eigenvalue weighted by Crippen LogP contribution is 2.50. The lowest BCUT2D eigenvalue weighted by Gasteiger charge is -2.42. The van der Waals surface area contributed by atoms with E-state index in [9.17, 15) is 13.9 Å². The number of halogens is 2. The van der Waals surface area contributed by atoms with Crippen LogP contribution in [0.5, 0.6) is 0 Å². The molecule has 0 unspecified atom stereocenters. The van der Waals surface area contributed by atoms with Crippen LogP contribution in [0.1, 0.15) is 23.4 Å². The third-order valence-electron chi connectivity index (χ3n) is 5.12. The van der Waals surface area contributed by atoms with E-state index in [4.69, 9.17) is 4.98 Å². The van der Waals surface area contributed by atoms with Gasteiger partial charge in [-0.25, -0.2) is 23.7 Å². The van der Waals surface area contributed by atoms with E-state index in [1.54, 1.807) is 6.20 Å². The molecule has 0 aromatic carbocycles. The molecule has 0 amide bonds. The van der Waals surface area contributed by atoms with E-state index in [0.29, 0.717) is 10.7 Å². The molecule has 0 aliphatic heterocycles. The van der Waals surface area contributed by atoms with Gasteiger partial charge in [-0.3, -0.25) is 4.40 Å². The van der Waals surface area contributed by atoms with E-state index in [0.717, 1.165) is 27.2 Å². The van der Waals surface area contributed by atoms with Gasteiger partial charge in [-0.1, -0.05) is 0 Å². The van der Waals surface area contributed by atoms with Gasteiger partial charge in [0.2, 0.25) is 12.2 Å². The van der Waals surface area contributed by atoms with Gasteiger partial charge in [0.25, 0.3) is 0 Å². The molecule has 5 rings (SSSR count). The molecule has 4 aromatic heterocycles. The van der Waals surface area contributed by atoms with Gasteiger partial charge in [-0.2, -0.15) is 0 Å². The molecule has 1 N–H and O–H groups in total. The summed E-state index contributed by atoms with van der Waals surface area (Å²) < 4.78 is 27.4. The average Bonchev–Trinajstić information content (AvgIpc) is 3.19.